The highest BCUT2D eigenvalue weighted by Gasteiger charge is 2.39. The van der Waals surface area contributed by atoms with E-state index in [1.807, 2.05) is 24.3 Å². The summed E-state index contributed by atoms with van der Waals surface area (Å²) >= 11 is 0. The molecule has 3 aromatic carbocycles. The molecule has 0 fully saturated rings. The fourth-order valence-corrected chi connectivity index (χ4v) is 3.33. The highest BCUT2D eigenvalue weighted by atomic mass is 19.3. The number of alkyl halides is 2. The van der Waals surface area contributed by atoms with Crippen molar-refractivity contribution in [2.75, 3.05) is 26.2 Å². The Labute approximate surface area is 178 Å². The lowest BCUT2D eigenvalue weighted by Gasteiger charge is -2.23. The topological polar surface area (TPSA) is 47.5 Å². The molecule has 0 bridgehead atoms. The second kappa shape index (κ2) is 8.18. The van der Waals surface area contributed by atoms with Crippen LogP contribution in [-0.2, 0) is 5.92 Å². The third kappa shape index (κ3) is 3.86. The van der Waals surface area contributed by atoms with Gasteiger partial charge in [-0.05, 0) is 48.5 Å². The molecule has 0 saturated heterocycles. The molecule has 1 heterocycles. The highest BCUT2D eigenvalue weighted by molar-refractivity contribution is 5.91. The first-order valence-corrected chi connectivity index (χ1v) is 9.61. The lowest BCUT2D eigenvalue weighted by atomic mass is 10.1. The van der Waals surface area contributed by atoms with Gasteiger partial charge in [0.25, 0.3) is 0 Å². The van der Waals surface area contributed by atoms with E-state index in [0.29, 0.717) is 28.2 Å². The first kappa shape index (κ1) is 20.5. The third-order valence-electron chi connectivity index (χ3n) is 5.07. The number of rotatable bonds is 6. The first-order chi connectivity index (χ1) is 14.9. The van der Waals surface area contributed by atoms with Gasteiger partial charge in [-0.3, -0.25) is 0 Å². The number of nitrogens with zero attached hydrogens (tertiary/aromatic N) is 3. The molecule has 0 radical (unpaired) electrons. The zero-order chi connectivity index (χ0) is 22.0. The fourth-order valence-electron chi connectivity index (χ4n) is 3.33. The molecule has 158 valence electrons. The minimum atomic E-state index is -3.41. The normalized spacial score (nSPS) is 11.4. The van der Waals surface area contributed by atoms with Gasteiger partial charge in [0.15, 0.2) is 0 Å². The summed E-state index contributed by atoms with van der Waals surface area (Å²) in [6.45, 7) is 0. The van der Waals surface area contributed by atoms with Crippen molar-refractivity contribution < 1.29 is 18.3 Å². The van der Waals surface area contributed by atoms with Crippen molar-refractivity contribution in [2.45, 2.75) is 5.92 Å². The third-order valence-corrected chi connectivity index (χ3v) is 5.07. The van der Waals surface area contributed by atoms with Gasteiger partial charge in [-0.15, -0.1) is 0 Å². The van der Waals surface area contributed by atoms with Crippen LogP contribution in [0.3, 0.4) is 0 Å². The Morgan fingerprint density at radius 1 is 0.806 bits per heavy atom. The van der Waals surface area contributed by atoms with Crippen molar-refractivity contribution in [3.8, 4) is 11.5 Å². The molecule has 0 aliphatic rings. The van der Waals surface area contributed by atoms with Crippen LogP contribution in [0.2, 0.25) is 0 Å². The smallest absolute Gasteiger partial charge is 0.331 e. The van der Waals surface area contributed by atoms with Gasteiger partial charge in [0, 0.05) is 23.7 Å². The summed E-state index contributed by atoms with van der Waals surface area (Å²) in [4.78, 5) is 10.3. The summed E-state index contributed by atoms with van der Waals surface area (Å²) in [5.74, 6) is -2.56. The summed E-state index contributed by atoms with van der Waals surface area (Å²) in [5, 5.41) is 0.672. The van der Waals surface area contributed by atoms with Crippen molar-refractivity contribution in [3.63, 3.8) is 0 Å². The molecule has 4 rings (SSSR count). The van der Waals surface area contributed by atoms with Gasteiger partial charge in [0.1, 0.15) is 17.3 Å². The molecule has 0 spiro atoms. The molecule has 1 aromatic heterocycles. The molecular formula is C24H21F2N3O2. The van der Waals surface area contributed by atoms with Crippen LogP contribution >= 0.6 is 0 Å². The van der Waals surface area contributed by atoms with E-state index in [1.54, 1.807) is 49.4 Å². The van der Waals surface area contributed by atoms with Crippen molar-refractivity contribution in [2.24, 2.45) is 0 Å². The molecule has 0 aliphatic heterocycles. The summed E-state index contributed by atoms with van der Waals surface area (Å²) in [6, 6.07) is 20.2. The molecule has 0 saturated carbocycles. The lowest BCUT2D eigenvalue weighted by Crippen LogP contribution is -2.22. The van der Waals surface area contributed by atoms with Crippen LogP contribution < -0.4 is 14.4 Å². The van der Waals surface area contributed by atoms with Gasteiger partial charge >= 0.3 is 5.92 Å². The largest absolute Gasteiger partial charge is 0.497 e. The molecule has 0 amide bonds. The SMILES string of the molecule is COc1ccc(N(C)c2nc(C(F)(F)c3cccc(OC)c3)nc3ccccc23)cc1. The monoisotopic (exact) mass is 421 g/mol. The summed E-state index contributed by atoms with van der Waals surface area (Å²) in [5.41, 5.74) is 0.978. The predicted octanol–water partition coefficient (Wildman–Crippen LogP) is 5.56. The van der Waals surface area contributed by atoms with Gasteiger partial charge < -0.3 is 14.4 Å². The van der Waals surface area contributed by atoms with E-state index in [4.69, 9.17) is 9.47 Å². The van der Waals surface area contributed by atoms with E-state index in [2.05, 4.69) is 9.97 Å². The molecule has 0 aliphatic carbocycles. The Balaban J connectivity index is 1.86. The number of halogens is 2. The highest BCUT2D eigenvalue weighted by Crippen LogP contribution is 2.38. The second-order valence-corrected chi connectivity index (χ2v) is 6.95. The van der Waals surface area contributed by atoms with E-state index in [9.17, 15) is 0 Å². The zero-order valence-corrected chi connectivity index (χ0v) is 17.3. The molecule has 0 N–H and O–H groups in total. The minimum absolute atomic E-state index is 0.236. The Hall–Kier alpha value is -3.74. The van der Waals surface area contributed by atoms with Crippen LogP contribution in [0.5, 0.6) is 11.5 Å². The Bertz CT molecular complexity index is 1210. The second-order valence-electron chi connectivity index (χ2n) is 6.95. The van der Waals surface area contributed by atoms with Crippen molar-refractivity contribution >= 4 is 22.4 Å². The zero-order valence-electron chi connectivity index (χ0n) is 17.3. The average Bonchev–Trinajstić information content (AvgIpc) is 2.83. The number of benzene rings is 3. The predicted molar refractivity (Wildman–Crippen MR) is 117 cm³/mol. The maximum absolute atomic E-state index is 15.5. The van der Waals surface area contributed by atoms with Gasteiger partial charge in [0.2, 0.25) is 5.82 Å². The van der Waals surface area contributed by atoms with Crippen molar-refractivity contribution in [1.82, 2.24) is 9.97 Å². The number of hydrogen-bond donors (Lipinski definition) is 0. The molecule has 0 atom stereocenters. The molecule has 4 aromatic rings. The van der Waals surface area contributed by atoms with Crippen LogP contribution in [0.15, 0.2) is 72.8 Å². The van der Waals surface area contributed by atoms with E-state index in [-0.39, 0.29) is 5.56 Å². The number of ether oxygens (including phenoxy) is 2. The lowest BCUT2D eigenvalue weighted by molar-refractivity contribution is 0.0331. The quantitative estimate of drug-likeness (QED) is 0.408. The number of hydrogen-bond acceptors (Lipinski definition) is 5. The fraction of sp³-hybridized carbons (Fsp3) is 0.167. The number of methoxy groups -OCH3 is 2. The van der Waals surface area contributed by atoms with Gasteiger partial charge in [-0.25, -0.2) is 9.97 Å². The summed E-state index contributed by atoms with van der Waals surface area (Å²) in [7, 11) is 4.80. The van der Waals surface area contributed by atoms with Crippen molar-refractivity contribution in [3.05, 3.63) is 84.2 Å². The van der Waals surface area contributed by atoms with E-state index in [1.165, 1.54) is 25.3 Å². The Morgan fingerprint density at radius 3 is 2.23 bits per heavy atom. The van der Waals surface area contributed by atoms with Gasteiger partial charge in [0.05, 0.1) is 19.7 Å². The van der Waals surface area contributed by atoms with Crippen LogP contribution in [0.1, 0.15) is 11.4 Å². The van der Waals surface area contributed by atoms with Crippen LogP contribution in [0.25, 0.3) is 10.9 Å². The minimum Gasteiger partial charge on any atom is -0.497 e. The van der Waals surface area contributed by atoms with Crippen molar-refractivity contribution in [1.29, 1.82) is 0 Å². The molecule has 31 heavy (non-hydrogen) atoms. The number of anilines is 2. The number of para-hydroxylation sites is 1. The Kier molecular flexibility index (Phi) is 5.42. The maximum Gasteiger partial charge on any atom is 0.331 e. The van der Waals surface area contributed by atoms with E-state index >= 15 is 8.78 Å². The molecule has 5 nitrogen and oxygen atoms in total. The first-order valence-electron chi connectivity index (χ1n) is 9.61. The number of aromatic nitrogens is 2. The standard InChI is InChI=1S/C24H21F2N3O2/c1-29(17-11-13-18(30-2)14-12-17)22-20-9-4-5-10-21(20)27-23(28-22)24(25,26)16-7-6-8-19(15-16)31-3/h4-15H,1-3H3. The van der Waals surface area contributed by atoms with E-state index < -0.39 is 11.7 Å². The Morgan fingerprint density at radius 2 is 1.52 bits per heavy atom. The van der Waals surface area contributed by atoms with E-state index in [0.717, 1.165) is 5.69 Å². The molecule has 7 heteroatoms. The summed E-state index contributed by atoms with van der Waals surface area (Å²) < 4.78 is 41.2. The number of fused-ring (bicyclic) bond motifs is 1. The summed E-state index contributed by atoms with van der Waals surface area (Å²) in [6.07, 6.45) is 0. The van der Waals surface area contributed by atoms with Crippen LogP contribution in [0, 0.1) is 0 Å². The van der Waals surface area contributed by atoms with Crippen LogP contribution in [-0.4, -0.2) is 31.2 Å². The van der Waals surface area contributed by atoms with Crippen LogP contribution in [0.4, 0.5) is 20.3 Å². The maximum atomic E-state index is 15.5. The van der Waals surface area contributed by atoms with Gasteiger partial charge in [-0.2, -0.15) is 8.78 Å². The molecule has 0 unspecified atom stereocenters. The van der Waals surface area contributed by atoms with Gasteiger partial charge in [-0.1, -0.05) is 24.3 Å². The average molecular weight is 421 g/mol. The molecular weight excluding hydrogens is 400 g/mol.